The number of hydrogen-bond acceptors (Lipinski definition) is 2. The van der Waals surface area contributed by atoms with Gasteiger partial charge in [0.25, 0.3) is 0 Å². The highest BCUT2D eigenvalue weighted by Crippen LogP contribution is 2.16. The van der Waals surface area contributed by atoms with Gasteiger partial charge in [-0.15, -0.1) is 0 Å². The zero-order valence-electron chi connectivity index (χ0n) is 12.1. The summed E-state index contributed by atoms with van der Waals surface area (Å²) in [4.78, 5) is 0. The second kappa shape index (κ2) is 6.69. The van der Waals surface area contributed by atoms with Gasteiger partial charge in [0.05, 0.1) is 0 Å². The van der Waals surface area contributed by atoms with Crippen molar-refractivity contribution in [3.63, 3.8) is 0 Å². The van der Waals surface area contributed by atoms with Gasteiger partial charge in [-0.2, -0.15) is 0 Å². The quantitative estimate of drug-likeness (QED) is 0.867. The first-order valence-corrected chi connectivity index (χ1v) is 7.30. The van der Waals surface area contributed by atoms with Gasteiger partial charge in [-0.05, 0) is 51.8 Å². The number of benzene rings is 1. The minimum atomic E-state index is 0.185. The van der Waals surface area contributed by atoms with Crippen molar-refractivity contribution in [3.05, 3.63) is 33.8 Å². The van der Waals surface area contributed by atoms with E-state index in [9.17, 15) is 0 Å². The molecule has 0 aliphatic carbocycles. The third kappa shape index (κ3) is 5.98. The second-order valence-corrected chi connectivity index (χ2v) is 6.85. The van der Waals surface area contributed by atoms with E-state index in [1.807, 2.05) is 0 Å². The highest BCUT2D eigenvalue weighted by atomic mass is 79.9. The van der Waals surface area contributed by atoms with Crippen LogP contribution in [0.1, 0.15) is 38.8 Å². The first-order chi connectivity index (χ1) is 8.28. The summed E-state index contributed by atoms with van der Waals surface area (Å²) < 4.78 is 1.17. The molecule has 0 saturated carbocycles. The molecule has 0 bridgehead atoms. The third-order valence-corrected chi connectivity index (χ3v) is 3.71. The fraction of sp³-hybridized carbons (Fsp3) is 0.600. The van der Waals surface area contributed by atoms with Crippen molar-refractivity contribution in [2.45, 2.75) is 52.7 Å². The van der Waals surface area contributed by atoms with Crippen molar-refractivity contribution in [2.24, 2.45) is 0 Å². The lowest BCUT2D eigenvalue weighted by Gasteiger charge is -2.24. The van der Waals surface area contributed by atoms with Crippen molar-refractivity contribution in [1.82, 2.24) is 10.6 Å². The van der Waals surface area contributed by atoms with Gasteiger partial charge in [-0.1, -0.05) is 28.1 Å². The Bertz CT molecular complexity index is 383. The van der Waals surface area contributed by atoms with E-state index in [1.165, 1.54) is 15.6 Å². The lowest BCUT2D eigenvalue weighted by atomic mass is 10.1. The van der Waals surface area contributed by atoms with E-state index in [0.717, 1.165) is 13.1 Å². The molecule has 1 aromatic carbocycles. The molecule has 0 aromatic heterocycles. The van der Waals surface area contributed by atoms with Gasteiger partial charge in [0, 0.05) is 29.1 Å². The smallest absolute Gasteiger partial charge is 0.0208 e. The highest BCUT2D eigenvalue weighted by Gasteiger charge is 2.10. The van der Waals surface area contributed by atoms with Gasteiger partial charge < -0.3 is 10.6 Å². The van der Waals surface area contributed by atoms with Crippen LogP contribution in [0.5, 0.6) is 0 Å². The van der Waals surface area contributed by atoms with Crippen LogP contribution in [0.15, 0.2) is 22.7 Å². The lowest BCUT2D eigenvalue weighted by Crippen LogP contribution is -2.44. The standard InChI is InChI=1S/C15H25BrN2/c1-11-8-13(6-7-14(11)16)10-17-12(2)9-18-15(3,4)5/h6-8,12,17-18H,9-10H2,1-5H3. The molecule has 1 aromatic rings. The van der Waals surface area contributed by atoms with E-state index in [2.05, 4.69) is 79.4 Å². The first kappa shape index (κ1) is 15.7. The van der Waals surface area contributed by atoms with Gasteiger partial charge in [-0.25, -0.2) is 0 Å². The molecule has 2 N–H and O–H groups in total. The molecule has 102 valence electrons. The number of rotatable bonds is 5. The monoisotopic (exact) mass is 312 g/mol. The van der Waals surface area contributed by atoms with Crippen LogP contribution in [0, 0.1) is 6.92 Å². The Morgan fingerprint density at radius 3 is 2.50 bits per heavy atom. The van der Waals surface area contributed by atoms with Crippen LogP contribution in [0.3, 0.4) is 0 Å². The Balaban J connectivity index is 2.38. The molecule has 0 aliphatic rings. The summed E-state index contributed by atoms with van der Waals surface area (Å²) in [5, 5.41) is 7.05. The highest BCUT2D eigenvalue weighted by molar-refractivity contribution is 9.10. The van der Waals surface area contributed by atoms with Crippen LogP contribution < -0.4 is 10.6 Å². The maximum absolute atomic E-state index is 3.54. The van der Waals surface area contributed by atoms with E-state index < -0.39 is 0 Å². The van der Waals surface area contributed by atoms with E-state index in [0.29, 0.717) is 6.04 Å². The van der Waals surface area contributed by atoms with E-state index in [4.69, 9.17) is 0 Å². The molecular weight excluding hydrogens is 288 g/mol. The second-order valence-electron chi connectivity index (χ2n) is 6.00. The molecule has 1 rings (SSSR count). The summed E-state index contributed by atoms with van der Waals surface area (Å²) in [6, 6.07) is 6.97. The van der Waals surface area contributed by atoms with Crippen LogP contribution in [0.2, 0.25) is 0 Å². The molecule has 1 atom stereocenters. The summed E-state index contributed by atoms with van der Waals surface area (Å²) in [5.74, 6) is 0. The fourth-order valence-corrected chi connectivity index (χ4v) is 1.89. The largest absolute Gasteiger partial charge is 0.311 e. The molecular formula is C15H25BrN2. The SMILES string of the molecule is Cc1cc(CNC(C)CNC(C)(C)C)ccc1Br. The van der Waals surface area contributed by atoms with Crippen LogP contribution >= 0.6 is 15.9 Å². The Morgan fingerprint density at radius 1 is 1.28 bits per heavy atom. The number of hydrogen-bond donors (Lipinski definition) is 2. The molecule has 18 heavy (non-hydrogen) atoms. The zero-order chi connectivity index (χ0) is 13.8. The summed E-state index contributed by atoms with van der Waals surface area (Å²) in [7, 11) is 0. The normalized spacial score (nSPS) is 13.7. The van der Waals surface area contributed by atoms with E-state index >= 15 is 0 Å². The topological polar surface area (TPSA) is 24.1 Å². The molecule has 0 spiro atoms. The Labute approximate surface area is 120 Å². The van der Waals surface area contributed by atoms with Crippen molar-refractivity contribution in [2.75, 3.05) is 6.54 Å². The van der Waals surface area contributed by atoms with E-state index in [-0.39, 0.29) is 5.54 Å². The van der Waals surface area contributed by atoms with Crippen LogP contribution in [-0.2, 0) is 6.54 Å². The minimum absolute atomic E-state index is 0.185. The average Bonchev–Trinajstić information content (AvgIpc) is 2.27. The van der Waals surface area contributed by atoms with Crippen molar-refractivity contribution >= 4 is 15.9 Å². The lowest BCUT2D eigenvalue weighted by molar-refractivity contribution is 0.387. The molecule has 1 unspecified atom stereocenters. The molecule has 2 nitrogen and oxygen atoms in total. The van der Waals surface area contributed by atoms with Gasteiger partial charge in [0.1, 0.15) is 0 Å². The molecule has 0 aliphatic heterocycles. The van der Waals surface area contributed by atoms with Crippen LogP contribution in [0.4, 0.5) is 0 Å². The molecule has 0 fully saturated rings. The zero-order valence-corrected chi connectivity index (χ0v) is 13.7. The summed E-state index contributed by atoms with van der Waals surface area (Å²) in [5.41, 5.74) is 2.80. The van der Waals surface area contributed by atoms with Gasteiger partial charge in [0.2, 0.25) is 0 Å². The van der Waals surface area contributed by atoms with Crippen molar-refractivity contribution in [3.8, 4) is 0 Å². The van der Waals surface area contributed by atoms with Gasteiger partial charge in [0.15, 0.2) is 0 Å². The maximum Gasteiger partial charge on any atom is 0.0208 e. The summed E-state index contributed by atoms with van der Waals surface area (Å²) in [6.45, 7) is 12.8. The Morgan fingerprint density at radius 2 is 1.94 bits per heavy atom. The van der Waals surface area contributed by atoms with Crippen molar-refractivity contribution < 1.29 is 0 Å². The van der Waals surface area contributed by atoms with E-state index in [1.54, 1.807) is 0 Å². The van der Waals surface area contributed by atoms with Gasteiger partial charge in [-0.3, -0.25) is 0 Å². The van der Waals surface area contributed by atoms with Crippen LogP contribution in [0.25, 0.3) is 0 Å². The molecule has 0 radical (unpaired) electrons. The Kier molecular flexibility index (Phi) is 5.83. The molecule has 0 saturated heterocycles. The van der Waals surface area contributed by atoms with Gasteiger partial charge >= 0.3 is 0 Å². The predicted octanol–water partition coefficient (Wildman–Crippen LogP) is 3.62. The minimum Gasteiger partial charge on any atom is -0.311 e. The third-order valence-electron chi connectivity index (χ3n) is 2.82. The fourth-order valence-electron chi connectivity index (χ4n) is 1.64. The summed E-state index contributed by atoms with van der Waals surface area (Å²) in [6.07, 6.45) is 0. The number of nitrogens with one attached hydrogen (secondary N) is 2. The molecule has 0 heterocycles. The predicted molar refractivity (Wildman–Crippen MR) is 82.9 cm³/mol. The molecule has 0 amide bonds. The maximum atomic E-state index is 3.54. The molecule has 3 heteroatoms. The number of aryl methyl sites for hydroxylation is 1. The van der Waals surface area contributed by atoms with Crippen molar-refractivity contribution in [1.29, 1.82) is 0 Å². The summed E-state index contributed by atoms with van der Waals surface area (Å²) >= 11 is 3.53. The average molecular weight is 313 g/mol. The Hall–Kier alpha value is -0.380. The van der Waals surface area contributed by atoms with Crippen LogP contribution in [-0.4, -0.2) is 18.1 Å². The first-order valence-electron chi connectivity index (χ1n) is 6.51. The number of halogens is 1.